The van der Waals surface area contributed by atoms with Gasteiger partial charge in [0.1, 0.15) is 6.04 Å². The minimum atomic E-state index is -1.02. The summed E-state index contributed by atoms with van der Waals surface area (Å²) in [6.45, 7) is 4.07. The van der Waals surface area contributed by atoms with Crippen LogP contribution in [0.25, 0.3) is 10.9 Å². The van der Waals surface area contributed by atoms with E-state index in [0.29, 0.717) is 12.3 Å². The van der Waals surface area contributed by atoms with Gasteiger partial charge in [0.2, 0.25) is 5.91 Å². The van der Waals surface area contributed by atoms with Crippen molar-refractivity contribution < 1.29 is 14.7 Å². The summed E-state index contributed by atoms with van der Waals surface area (Å²) < 4.78 is 0.929. The van der Waals surface area contributed by atoms with Crippen molar-refractivity contribution in [2.45, 2.75) is 39.2 Å². The summed E-state index contributed by atoms with van der Waals surface area (Å²) in [5, 5.41) is 13.0. The van der Waals surface area contributed by atoms with E-state index in [1.807, 2.05) is 32.0 Å². The molecule has 0 bridgehead atoms. The molecule has 1 atom stereocenters. The Hall–Kier alpha value is -1.82. The molecule has 5 nitrogen and oxygen atoms in total. The molecular formula is C17H21BrN2O3. The van der Waals surface area contributed by atoms with Crippen LogP contribution in [0, 0.1) is 5.92 Å². The number of aromatic nitrogens is 1. The molecule has 0 saturated heterocycles. The van der Waals surface area contributed by atoms with Crippen molar-refractivity contribution in [3.63, 3.8) is 0 Å². The van der Waals surface area contributed by atoms with E-state index < -0.39 is 12.0 Å². The van der Waals surface area contributed by atoms with Gasteiger partial charge in [-0.15, -0.1) is 0 Å². The number of carboxylic acid groups (broad SMARTS) is 1. The number of carboxylic acids is 1. The predicted octanol–water partition coefficient (Wildman–Crippen LogP) is 3.48. The Kier molecular flexibility index (Phi) is 5.82. The lowest BCUT2D eigenvalue weighted by Crippen LogP contribution is -2.42. The Bertz CT molecular complexity index is 709. The van der Waals surface area contributed by atoms with E-state index in [9.17, 15) is 14.7 Å². The van der Waals surface area contributed by atoms with Crippen LogP contribution in [0.5, 0.6) is 0 Å². The highest BCUT2D eigenvalue weighted by Gasteiger charge is 2.21. The number of carbonyl (C=O) groups excluding carboxylic acids is 1. The lowest BCUT2D eigenvalue weighted by molar-refractivity contribution is -0.141. The van der Waals surface area contributed by atoms with Crippen LogP contribution in [0.15, 0.2) is 28.9 Å². The van der Waals surface area contributed by atoms with E-state index in [-0.39, 0.29) is 12.3 Å². The molecule has 6 heteroatoms. The number of aliphatic carboxylic acids is 1. The first kappa shape index (κ1) is 17.5. The van der Waals surface area contributed by atoms with Crippen LogP contribution in [-0.4, -0.2) is 28.0 Å². The first-order valence-corrected chi connectivity index (χ1v) is 8.43. The SMILES string of the molecule is CC(C)CCC(=O)NC(Cc1c[nH]c2ccc(Br)cc12)C(=O)O. The molecule has 2 rings (SSSR count). The highest BCUT2D eigenvalue weighted by atomic mass is 79.9. The number of amides is 1. The summed E-state index contributed by atoms with van der Waals surface area (Å²) in [5.74, 6) is -0.825. The van der Waals surface area contributed by atoms with E-state index >= 15 is 0 Å². The minimum Gasteiger partial charge on any atom is -0.480 e. The Balaban J connectivity index is 2.10. The van der Waals surface area contributed by atoms with Gasteiger partial charge in [0.15, 0.2) is 0 Å². The number of H-pyrrole nitrogens is 1. The summed E-state index contributed by atoms with van der Waals surface area (Å²) in [5.41, 5.74) is 1.82. The summed E-state index contributed by atoms with van der Waals surface area (Å²) in [6, 6.07) is 4.87. The van der Waals surface area contributed by atoms with Crippen LogP contribution in [-0.2, 0) is 16.0 Å². The van der Waals surface area contributed by atoms with Crippen molar-refractivity contribution >= 4 is 38.7 Å². The van der Waals surface area contributed by atoms with Gasteiger partial charge in [-0.2, -0.15) is 0 Å². The second-order valence-corrected chi connectivity index (χ2v) is 7.01. The first-order valence-electron chi connectivity index (χ1n) is 7.64. The average Bonchev–Trinajstić information content (AvgIpc) is 2.86. The summed E-state index contributed by atoms with van der Waals surface area (Å²) in [6.07, 6.45) is 3.14. The lowest BCUT2D eigenvalue weighted by Gasteiger charge is -2.15. The number of hydrogen-bond acceptors (Lipinski definition) is 2. The maximum absolute atomic E-state index is 11.9. The molecule has 0 spiro atoms. The average molecular weight is 381 g/mol. The molecule has 2 aromatic rings. The fourth-order valence-electron chi connectivity index (χ4n) is 2.43. The van der Waals surface area contributed by atoms with Crippen LogP contribution in [0.1, 0.15) is 32.3 Å². The van der Waals surface area contributed by atoms with Crippen molar-refractivity contribution in [2.24, 2.45) is 5.92 Å². The third-order valence-corrected chi connectivity index (χ3v) is 4.23. The van der Waals surface area contributed by atoms with Crippen LogP contribution < -0.4 is 5.32 Å². The van der Waals surface area contributed by atoms with Crippen molar-refractivity contribution in [2.75, 3.05) is 0 Å². The number of rotatable bonds is 7. The summed E-state index contributed by atoms with van der Waals surface area (Å²) >= 11 is 3.42. The molecule has 3 N–H and O–H groups in total. The number of fused-ring (bicyclic) bond motifs is 1. The fourth-order valence-corrected chi connectivity index (χ4v) is 2.79. The van der Waals surface area contributed by atoms with Gasteiger partial charge >= 0.3 is 5.97 Å². The largest absolute Gasteiger partial charge is 0.480 e. The zero-order valence-electron chi connectivity index (χ0n) is 13.2. The van der Waals surface area contributed by atoms with Crippen molar-refractivity contribution in [1.29, 1.82) is 0 Å². The second kappa shape index (κ2) is 7.64. The number of nitrogens with one attached hydrogen (secondary N) is 2. The van der Waals surface area contributed by atoms with Gasteiger partial charge in [0.25, 0.3) is 0 Å². The normalized spacial score (nSPS) is 12.5. The van der Waals surface area contributed by atoms with Crippen molar-refractivity contribution in [1.82, 2.24) is 10.3 Å². The van der Waals surface area contributed by atoms with Crippen LogP contribution in [0.2, 0.25) is 0 Å². The Labute approximate surface area is 143 Å². The molecule has 0 radical (unpaired) electrons. The molecule has 124 valence electrons. The standard InChI is InChI=1S/C17H21BrN2O3/c1-10(2)3-6-16(21)20-15(17(22)23)7-11-9-19-14-5-4-12(18)8-13(11)14/h4-5,8-10,15,19H,3,6-7H2,1-2H3,(H,20,21)(H,22,23). The highest BCUT2D eigenvalue weighted by Crippen LogP contribution is 2.23. The van der Waals surface area contributed by atoms with Gasteiger partial charge < -0.3 is 15.4 Å². The van der Waals surface area contributed by atoms with Gasteiger partial charge in [-0.25, -0.2) is 4.79 Å². The molecular weight excluding hydrogens is 360 g/mol. The monoisotopic (exact) mass is 380 g/mol. The molecule has 0 aliphatic carbocycles. The molecule has 0 saturated carbocycles. The summed E-state index contributed by atoms with van der Waals surface area (Å²) in [4.78, 5) is 26.5. The van der Waals surface area contributed by atoms with Crippen LogP contribution in [0.3, 0.4) is 0 Å². The number of hydrogen-bond donors (Lipinski definition) is 3. The molecule has 1 amide bonds. The quantitative estimate of drug-likeness (QED) is 0.687. The Morgan fingerprint density at radius 2 is 2.09 bits per heavy atom. The third-order valence-electron chi connectivity index (χ3n) is 3.74. The third kappa shape index (κ3) is 4.82. The van der Waals surface area contributed by atoms with Gasteiger partial charge in [0.05, 0.1) is 0 Å². The van der Waals surface area contributed by atoms with E-state index in [4.69, 9.17) is 0 Å². The van der Waals surface area contributed by atoms with E-state index in [1.165, 1.54) is 0 Å². The van der Waals surface area contributed by atoms with Gasteiger partial charge in [0, 0.05) is 34.4 Å². The molecule has 1 heterocycles. The zero-order valence-corrected chi connectivity index (χ0v) is 14.8. The maximum Gasteiger partial charge on any atom is 0.326 e. The number of carbonyl (C=O) groups is 2. The van der Waals surface area contributed by atoms with Gasteiger partial charge in [-0.1, -0.05) is 29.8 Å². The molecule has 0 aliphatic rings. The van der Waals surface area contributed by atoms with Crippen LogP contribution >= 0.6 is 15.9 Å². The zero-order chi connectivity index (χ0) is 17.0. The first-order chi connectivity index (χ1) is 10.9. The van der Waals surface area contributed by atoms with Gasteiger partial charge in [-0.05, 0) is 36.1 Å². The number of benzene rings is 1. The van der Waals surface area contributed by atoms with Crippen molar-refractivity contribution in [3.8, 4) is 0 Å². The highest BCUT2D eigenvalue weighted by molar-refractivity contribution is 9.10. The molecule has 0 fully saturated rings. The molecule has 1 unspecified atom stereocenters. The molecule has 1 aromatic carbocycles. The topological polar surface area (TPSA) is 82.2 Å². The predicted molar refractivity (Wildman–Crippen MR) is 93.3 cm³/mol. The lowest BCUT2D eigenvalue weighted by atomic mass is 10.0. The minimum absolute atomic E-state index is 0.216. The Morgan fingerprint density at radius 1 is 1.35 bits per heavy atom. The molecule has 1 aromatic heterocycles. The van der Waals surface area contributed by atoms with Gasteiger partial charge in [-0.3, -0.25) is 4.79 Å². The van der Waals surface area contributed by atoms with E-state index in [0.717, 1.165) is 27.4 Å². The Morgan fingerprint density at radius 3 is 2.74 bits per heavy atom. The second-order valence-electron chi connectivity index (χ2n) is 6.10. The number of halogens is 1. The molecule has 23 heavy (non-hydrogen) atoms. The number of aromatic amines is 1. The smallest absolute Gasteiger partial charge is 0.326 e. The van der Waals surface area contributed by atoms with E-state index in [2.05, 4.69) is 26.2 Å². The van der Waals surface area contributed by atoms with Crippen LogP contribution in [0.4, 0.5) is 0 Å². The maximum atomic E-state index is 11.9. The fraction of sp³-hybridized carbons (Fsp3) is 0.412. The molecule has 0 aliphatic heterocycles. The van der Waals surface area contributed by atoms with Crippen molar-refractivity contribution in [3.05, 3.63) is 34.4 Å². The van der Waals surface area contributed by atoms with E-state index in [1.54, 1.807) is 6.20 Å². The summed E-state index contributed by atoms with van der Waals surface area (Å²) in [7, 11) is 0.